The lowest BCUT2D eigenvalue weighted by molar-refractivity contribution is -0.129. The Morgan fingerprint density at radius 2 is 1.75 bits per heavy atom. The van der Waals surface area contributed by atoms with Crippen LogP contribution < -0.4 is 0 Å². The Labute approximate surface area is 67.4 Å². The van der Waals surface area contributed by atoms with Gasteiger partial charge in [-0.1, -0.05) is 0 Å². The van der Waals surface area contributed by atoms with E-state index in [1.165, 1.54) is 0 Å². The summed E-state index contributed by atoms with van der Waals surface area (Å²) < 4.78 is 1.94. The minimum Gasteiger partial charge on any atom is -0.417 e. The molecule has 0 fully saturated rings. The van der Waals surface area contributed by atoms with Crippen molar-refractivity contribution >= 4 is 53.7 Å². The number of carbonyl (C=O) groups is 1. The van der Waals surface area contributed by atoms with Crippen LogP contribution in [0, 0.1) is 0 Å². The molecule has 0 saturated carbocycles. The van der Waals surface area contributed by atoms with Gasteiger partial charge in [-0.3, -0.25) is 4.79 Å². The molecule has 0 aromatic rings. The normalized spacial score (nSPS) is 9.38. The molecule has 0 saturated heterocycles. The third-order valence-corrected chi connectivity index (χ3v) is 0.449. The molecule has 0 atom stereocenters. The van der Waals surface area contributed by atoms with Crippen molar-refractivity contribution in [2.45, 2.75) is 3.98 Å². The molecular formula is C2H2Cl4O2. The van der Waals surface area contributed by atoms with Gasteiger partial charge in [-0.25, -0.2) is 0 Å². The van der Waals surface area contributed by atoms with Crippen molar-refractivity contribution in [3.05, 3.63) is 0 Å². The van der Waals surface area contributed by atoms with Crippen LogP contribution in [-0.2, 0) is 9.53 Å². The number of halogens is 4. The minimum absolute atomic E-state index is 0. The second-order valence-electron chi connectivity index (χ2n) is 0.660. The van der Waals surface area contributed by atoms with Gasteiger partial charge in [0.05, 0.1) is 0 Å². The number of ether oxygens (including phenoxy) is 1. The number of alkyl halides is 3. The SMILES string of the molecule is Cl.O=COC(Cl)(Cl)Cl. The number of carbonyl (C=O) groups excluding carboxylic acids is 1. The van der Waals surface area contributed by atoms with E-state index in [1.807, 2.05) is 0 Å². The Morgan fingerprint density at radius 1 is 1.38 bits per heavy atom. The Kier molecular flexibility index (Phi) is 6.43. The first-order valence-corrected chi connectivity index (χ1v) is 2.38. The summed E-state index contributed by atoms with van der Waals surface area (Å²) in [7, 11) is 0. The molecule has 8 heavy (non-hydrogen) atoms. The molecule has 0 N–H and O–H groups in total. The lowest BCUT2D eigenvalue weighted by Crippen LogP contribution is -2.05. The van der Waals surface area contributed by atoms with Gasteiger partial charge in [0, 0.05) is 0 Å². The Morgan fingerprint density at radius 3 is 1.75 bits per heavy atom. The van der Waals surface area contributed by atoms with Gasteiger partial charge in [0.1, 0.15) is 0 Å². The topological polar surface area (TPSA) is 26.3 Å². The lowest BCUT2D eigenvalue weighted by Gasteiger charge is -2.04. The fourth-order valence-corrected chi connectivity index (χ4v) is 0.164. The summed E-state index contributed by atoms with van der Waals surface area (Å²) in [5.74, 6) is 0. The van der Waals surface area contributed by atoms with Crippen LogP contribution >= 0.6 is 47.2 Å². The van der Waals surface area contributed by atoms with Crippen molar-refractivity contribution in [3.63, 3.8) is 0 Å². The van der Waals surface area contributed by atoms with Gasteiger partial charge in [0.2, 0.25) is 0 Å². The molecule has 0 spiro atoms. The molecule has 0 bridgehead atoms. The molecule has 0 aromatic heterocycles. The largest absolute Gasteiger partial charge is 0.417 e. The number of hydrogen-bond acceptors (Lipinski definition) is 2. The molecule has 0 rings (SSSR count). The van der Waals surface area contributed by atoms with Gasteiger partial charge in [0.15, 0.2) is 0 Å². The van der Waals surface area contributed by atoms with Crippen molar-refractivity contribution in [1.29, 1.82) is 0 Å². The Hall–Kier alpha value is 0.630. The minimum atomic E-state index is -1.90. The van der Waals surface area contributed by atoms with Crippen molar-refractivity contribution in [3.8, 4) is 0 Å². The van der Waals surface area contributed by atoms with Gasteiger partial charge in [0.25, 0.3) is 6.47 Å². The first-order chi connectivity index (χ1) is 3.06. The quantitative estimate of drug-likeness (QED) is 0.477. The number of hydrogen-bond donors (Lipinski definition) is 0. The van der Waals surface area contributed by atoms with E-state index < -0.39 is 3.98 Å². The van der Waals surface area contributed by atoms with E-state index in [4.69, 9.17) is 34.8 Å². The van der Waals surface area contributed by atoms with Crippen LogP contribution in [0.4, 0.5) is 0 Å². The molecule has 0 unspecified atom stereocenters. The van der Waals surface area contributed by atoms with Gasteiger partial charge < -0.3 is 4.74 Å². The second-order valence-corrected chi connectivity index (χ2v) is 2.84. The third-order valence-electron chi connectivity index (χ3n) is 0.182. The molecule has 6 heteroatoms. The van der Waals surface area contributed by atoms with Crippen LogP contribution in [0.25, 0.3) is 0 Å². The zero-order valence-electron chi connectivity index (χ0n) is 3.44. The summed E-state index contributed by atoms with van der Waals surface area (Å²) in [5.41, 5.74) is 0. The highest BCUT2D eigenvalue weighted by Crippen LogP contribution is 2.25. The monoisotopic (exact) mass is 198 g/mol. The first kappa shape index (κ1) is 11.4. The molecule has 50 valence electrons. The average molecular weight is 200 g/mol. The van der Waals surface area contributed by atoms with Crippen molar-refractivity contribution in [2.75, 3.05) is 0 Å². The van der Waals surface area contributed by atoms with Crippen LogP contribution in [-0.4, -0.2) is 10.5 Å². The molecular weight excluding hydrogens is 198 g/mol. The summed E-state index contributed by atoms with van der Waals surface area (Å²) in [4.78, 5) is 9.34. The fourth-order valence-electron chi connectivity index (χ4n) is 0.0546. The fraction of sp³-hybridized carbons (Fsp3) is 0.500. The average Bonchev–Trinajstić information content (AvgIpc) is 1.30. The summed E-state index contributed by atoms with van der Waals surface area (Å²) in [6, 6.07) is 0. The van der Waals surface area contributed by atoms with Crippen LogP contribution in [0.3, 0.4) is 0 Å². The van der Waals surface area contributed by atoms with Gasteiger partial charge >= 0.3 is 3.98 Å². The Bertz CT molecular complexity index is 66.9. The number of rotatable bonds is 1. The third kappa shape index (κ3) is 9.80. The molecule has 0 aromatic carbocycles. The van der Waals surface area contributed by atoms with E-state index in [0.717, 1.165) is 0 Å². The maximum atomic E-state index is 9.34. The summed E-state index contributed by atoms with van der Waals surface area (Å²) in [5, 5.41) is 0. The predicted molar refractivity (Wildman–Crippen MR) is 34.7 cm³/mol. The molecule has 0 aliphatic rings. The standard InChI is InChI=1S/C2HCl3O2.ClH/c3-2(4,5)7-1-6;/h1H;1H. The van der Waals surface area contributed by atoms with Crippen molar-refractivity contribution in [1.82, 2.24) is 0 Å². The van der Waals surface area contributed by atoms with Crippen LogP contribution in [0.15, 0.2) is 0 Å². The molecule has 0 amide bonds. The maximum Gasteiger partial charge on any atom is 0.340 e. The summed E-state index contributed by atoms with van der Waals surface area (Å²) in [6.45, 7) is 0.0625. The van der Waals surface area contributed by atoms with Crippen molar-refractivity contribution in [2.24, 2.45) is 0 Å². The van der Waals surface area contributed by atoms with E-state index in [-0.39, 0.29) is 18.9 Å². The highest BCUT2D eigenvalue weighted by molar-refractivity contribution is 6.66. The van der Waals surface area contributed by atoms with Gasteiger partial charge in [-0.05, 0) is 34.8 Å². The Balaban J connectivity index is 0. The summed E-state index contributed by atoms with van der Waals surface area (Å²) in [6.07, 6.45) is 0. The summed E-state index contributed by atoms with van der Waals surface area (Å²) >= 11 is 14.7. The van der Waals surface area contributed by atoms with Crippen LogP contribution in [0.2, 0.25) is 0 Å². The molecule has 0 aliphatic carbocycles. The highest BCUT2D eigenvalue weighted by atomic mass is 35.6. The highest BCUT2D eigenvalue weighted by Gasteiger charge is 2.19. The molecule has 0 aliphatic heterocycles. The maximum absolute atomic E-state index is 9.34. The van der Waals surface area contributed by atoms with E-state index in [0.29, 0.717) is 0 Å². The zero-order valence-corrected chi connectivity index (χ0v) is 6.52. The first-order valence-electron chi connectivity index (χ1n) is 1.24. The van der Waals surface area contributed by atoms with E-state index in [9.17, 15) is 4.79 Å². The van der Waals surface area contributed by atoms with Gasteiger partial charge in [-0.2, -0.15) is 0 Å². The van der Waals surface area contributed by atoms with E-state index >= 15 is 0 Å². The molecule has 0 heterocycles. The predicted octanol–water partition coefficient (Wildman–Crippen LogP) is 1.91. The van der Waals surface area contributed by atoms with Crippen LogP contribution in [0.1, 0.15) is 0 Å². The van der Waals surface area contributed by atoms with E-state index in [2.05, 4.69) is 4.74 Å². The van der Waals surface area contributed by atoms with Gasteiger partial charge in [-0.15, -0.1) is 12.4 Å². The molecule has 0 radical (unpaired) electrons. The second kappa shape index (κ2) is 4.50. The smallest absolute Gasteiger partial charge is 0.340 e. The zero-order chi connectivity index (χ0) is 5.91. The van der Waals surface area contributed by atoms with Crippen LogP contribution in [0.5, 0.6) is 0 Å². The molecule has 2 nitrogen and oxygen atoms in total. The van der Waals surface area contributed by atoms with Crippen molar-refractivity contribution < 1.29 is 9.53 Å². The van der Waals surface area contributed by atoms with E-state index in [1.54, 1.807) is 0 Å². The lowest BCUT2D eigenvalue weighted by atomic mass is 11.5.